The van der Waals surface area contributed by atoms with E-state index in [2.05, 4.69) is 10.6 Å². The van der Waals surface area contributed by atoms with Crippen LogP contribution in [0.5, 0.6) is 0 Å². The van der Waals surface area contributed by atoms with Crippen LogP contribution in [0.15, 0.2) is 47.5 Å². The van der Waals surface area contributed by atoms with Gasteiger partial charge < -0.3 is 15.4 Å². The number of rotatable bonds is 8. The first-order valence-electron chi connectivity index (χ1n) is 8.00. The number of carbonyl (C=O) groups is 2. The molecule has 0 unspecified atom stereocenters. The zero-order valence-electron chi connectivity index (χ0n) is 14.4. The zero-order chi connectivity index (χ0) is 18.1. The molecule has 6 heteroatoms. The maximum absolute atomic E-state index is 12.4. The molecule has 0 atom stereocenters. The van der Waals surface area contributed by atoms with Gasteiger partial charge in [-0.2, -0.15) is 0 Å². The number of hydrogen-bond acceptors (Lipinski definition) is 4. The van der Waals surface area contributed by atoms with Crippen molar-refractivity contribution in [1.82, 2.24) is 10.6 Å². The molecule has 25 heavy (non-hydrogen) atoms. The number of amides is 2. The Morgan fingerprint density at radius 2 is 1.96 bits per heavy atom. The van der Waals surface area contributed by atoms with E-state index >= 15 is 0 Å². The van der Waals surface area contributed by atoms with Crippen molar-refractivity contribution < 1.29 is 14.3 Å². The lowest BCUT2D eigenvalue weighted by atomic mass is 10.1. The summed E-state index contributed by atoms with van der Waals surface area (Å²) in [7, 11) is 1.62. The summed E-state index contributed by atoms with van der Waals surface area (Å²) in [5.41, 5.74) is 1.81. The van der Waals surface area contributed by atoms with Crippen LogP contribution in [0.3, 0.4) is 0 Å². The van der Waals surface area contributed by atoms with Gasteiger partial charge in [-0.15, -0.1) is 11.3 Å². The lowest BCUT2D eigenvalue weighted by Crippen LogP contribution is -2.35. The number of benzene rings is 1. The van der Waals surface area contributed by atoms with Crippen LogP contribution in [-0.4, -0.2) is 32.1 Å². The second-order valence-electron chi connectivity index (χ2n) is 5.50. The van der Waals surface area contributed by atoms with Crippen LogP contribution in [0.2, 0.25) is 0 Å². The zero-order valence-corrected chi connectivity index (χ0v) is 15.2. The van der Waals surface area contributed by atoms with Gasteiger partial charge in [0.05, 0.1) is 0 Å². The average molecular weight is 358 g/mol. The molecule has 5 nitrogen and oxygen atoms in total. The predicted octanol–water partition coefficient (Wildman–Crippen LogP) is 2.98. The van der Waals surface area contributed by atoms with E-state index in [1.807, 2.05) is 36.6 Å². The van der Waals surface area contributed by atoms with Crippen LogP contribution in [0.4, 0.5) is 0 Å². The number of ether oxygens (including phenoxy) is 1. The summed E-state index contributed by atoms with van der Waals surface area (Å²) >= 11 is 1.50. The van der Waals surface area contributed by atoms with E-state index < -0.39 is 0 Å². The maximum Gasteiger partial charge on any atom is 0.267 e. The van der Waals surface area contributed by atoms with E-state index in [1.165, 1.54) is 11.3 Å². The van der Waals surface area contributed by atoms with E-state index in [4.69, 9.17) is 4.74 Å². The first-order valence-corrected chi connectivity index (χ1v) is 8.88. The summed E-state index contributed by atoms with van der Waals surface area (Å²) in [6.07, 6.45) is 2.39. The van der Waals surface area contributed by atoms with Crippen molar-refractivity contribution in [3.8, 4) is 0 Å². The van der Waals surface area contributed by atoms with Crippen molar-refractivity contribution in [3.05, 3.63) is 63.5 Å². The number of thiophene rings is 1. The molecule has 0 aliphatic rings. The molecule has 132 valence electrons. The van der Waals surface area contributed by atoms with Gasteiger partial charge in [-0.1, -0.05) is 23.8 Å². The number of nitrogens with one attached hydrogen (secondary N) is 2. The molecule has 1 aromatic heterocycles. The summed E-state index contributed by atoms with van der Waals surface area (Å²) in [5.74, 6) is -0.625. The Morgan fingerprint density at radius 3 is 2.60 bits per heavy atom. The van der Waals surface area contributed by atoms with E-state index in [1.54, 1.807) is 25.3 Å². The molecular formula is C19H22N2O3S. The third-order valence-corrected chi connectivity index (χ3v) is 4.27. The van der Waals surface area contributed by atoms with Crippen molar-refractivity contribution in [1.29, 1.82) is 0 Å². The smallest absolute Gasteiger partial charge is 0.267 e. The molecule has 0 saturated carbocycles. The van der Waals surface area contributed by atoms with Crippen molar-refractivity contribution in [2.45, 2.75) is 13.3 Å². The minimum atomic E-state index is -0.315. The standard InChI is InChI=1S/C19H22N2O3S/c1-14-6-8-15(9-7-14)18(22)21-17(13-16-5-3-12-25-16)19(23)20-10-4-11-24-2/h3,5-9,12-13H,4,10-11H2,1-2H3,(H,20,23)(H,21,22). The van der Waals surface area contributed by atoms with Crippen molar-refractivity contribution in [3.63, 3.8) is 0 Å². The molecule has 0 aliphatic heterocycles. The molecule has 1 aromatic carbocycles. The summed E-state index contributed by atoms with van der Waals surface area (Å²) in [5, 5.41) is 7.43. The second-order valence-corrected chi connectivity index (χ2v) is 6.48. The summed E-state index contributed by atoms with van der Waals surface area (Å²) in [4.78, 5) is 25.7. The third-order valence-electron chi connectivity index (χ3n) is 3.45. The fraction of sp³-hybridized carbons (Fsp3) is 0.263. The Bertz CT molecular complexity index is 722. The SMILES string of the molecule is COCCCNC(=O)C(=Cc1cccs1)NC(=O)c1ccc(C)cc1. The van der Waals surface area contributed by atoms with Gasteiger partial charge in [0, 0.05) is 30.7 Å². The van der Waals surface area contributed by atoms with Crippen molar-refractivity contribution in [2.75, 3.05) is 20.3 Å². The van der Waals surface area contributed by atoms with Crippen LogP contribution in [0.25, 0.3) is 6.08 Å². The number of aryl methyl sites for hydroxylation is 1. The Balaban J connectivity index is 2.10. The largest absolute Gasteiger partial charge is 0.385 e. The van der Waals surface area contributed by atoms with Gasteiger partial charge in [-0.05, 0) is 43.0 Å². The van der Waals surface area contributed by atoms with Crippen LogP contribution in [-0.2, 0) is 9.53 Å². The minimum Gasteiger partial charge on any atom is -0.385 e. The topological polar surface area (TPSA) is 67.4 Å². The molecule has 2 aromatic rings. The number of methoxy groups -OCH3 is 1. The van der Waals surface area contributed by atoms with Gasteiger partial charge >= 0.3 is 0 Å². The first-order chi connectivity index (χ1) is 12.1. The Labute approximate surface area is 151 Å². The molecule has 0 spiro atoms. The normalized spacial score (nSPS) is 11.2. The minimum absolute atomic E-state index is 0.227. The van der Waals surface area contributed by atoms with Crippen molar-refractivity contribution >= 4 is 29.2 Å². The van der Waals surface area contributed by atoms with Gasteiger partial charge in [-0.25, -0.2) is 0 Å². The quantitative estimate of drug-likeness (QED) is 0.563. The summed E-state index contributed by atoms with van der Waals surface area (Å²) in [6, 6.07) is 11.0. The Hall–Kier alpha value is -2.44. The van der Waals surface area contributed by atoms with E-state index in [0.29, 0.717) is 25.1 Å². The molecule has 0 saturated heterocycles. The van der Waals surface area contributed by atoms with Crippen LogP contribution < -0.4 is 10.6 Å². The lowest BCUT2D eigenvalue weighted by molar-refractivity contribution is -0.117. The molecule has 0 aliphatic carbocycles. The predicted molar refractivity (Wildman–Crippen MR) is 100 cm³/mol. The highest BCUT2D eigenvalue weighted by Gasteiger charge is 2.14. The van der Waals surface area contributed by atoms with E-state index in [0.717, 1.165) is 10.4 Å². The number of carbonyl (C=O) groups excluding carboxylic acids is 2. The Kier molecular flexibility index (Phi) is 7.37. The van der Waals surface area contributed by atoms with Crippen LogP contribution in [0, 0.1) is 6.92 Å². The average Bonchev–Trinajstić information content (AvgIpc) is 3.11. The van der Waals surface area contributed by atoms with Crippen molar-refractivity contribution in [2.24, 2.45) is 0 Å². The molecule has 0 fully saturated rings. The highest BCUT2D eigenvalue weighted by molar-refractivity contribution is 7.10. The van der Waals surface area contributed by atoms with Gasteiger partial charge in [0.1, 0.15) is 5.70 Å². The lowest BCUT2D eigenvalue weighted by Gasteiger charge is -2.11. The molecular weight excluding hydrogens is 336 g/mol. The fourth-order valence-electron chi connectivity index (χ4n) is 2.09. The van der Waals surface area contributed by atoms with Crippen LogP contribution >= 0.6 is 11.3 Å². The van der Waals surface area contributed by atoms with Gasteiger partial charge in [0.25, 0.3) is 11.8 Å². The van der Waals surface area contributed by atoms with E-state index in [-0.39, 0.29) is 17.5 Å². The maximum atomic E-state index is 12.4. The molecule has 2 amide bonds. The third kappa shape index (κ3) is 6.17. The van der Waals surface area contributed by atoms with Gasteiger partial charge in [0.15, 0.2) is 0 Å². The monoisotopic (exact) mass is 358 g/mol. The van der Waals surface area contributed by atoms with E-state index in [9.17, 15) is 9.59 Å². The fourth-order valence-corrected chi connectivity index (χ4v) is 2.74. The summed E-state index contributed by atoms with van der Waals surface area (Å²) < 4.78 is 4.97. The summed E-state index contributed by atoms with van der Waals surface area (Å²) in [6.45, 7) is 3.01. The molecule has 1 heterocycles. The second kappa shape index (κ2) is 9.76. The first kappa shape index (κ1) is 18.9. The molecule has 0 bridgehead atoms. The Morgan fingerprint density at radius 1 is 1.20 bits per heavy atom. The number of hydrogen-bond donors (Lipinski definition) is 2. The highest BCUT2D eigenvalue weighted by Crippen LogP contribution is 2.13. The molecule has 0 radical (unpaired) electrons. The molecule has 2 rings (SSSR count). The van der Waals surface area contributed by atoms with Gasteiger partial charge in [0.2, 0.25) is 0 Å². The molecule has 2 N–H and O–H groups in total. The van der Waals surface area contributed by atoms with Gasteiger partial charge in [-0.3, -0.25) is 9.59 Å². The highest BCUT2D eigenvalue weighted by atomic mass is 32.1. The van der Waals surface area contributed by atoms with Crippen LogP contribution in [0.1, 0.15) is 27.2 Å².